The van der Waals surface area contributed by atoms with Crippen molar-refractivity contribution in [3.8, 4) is 11.5 Å². The van der Waals surface area contributed by atoms with Gasteiger partial charge in [0, 0.05) is 32.6 Å². The fourth-order valence-electron chi connectivity index (χ4n) is 4.66. The fourth-order valence-corrected chi connectivity index (χ4v) is 4.66. The number of hydrogen-bond acceptors (Lipinski definition) is 9. The van der Waals surface area contributed by atoms with E-state index in [9.17, 15) is 14.7 Å². The Morgan fingerprint density at radius 2 is 1.92 bits per heavy atom. The maximum Gasteiger partial charge on any atom is 0.306 e. The van der Waals surface area contributed by atoms with E-state index in [1.54, 1.807) is 18.9 Å². The molecule has 4 rings (SSSR count). The third-order valence-corrected chi connectivity index (χ3v) is 6.75. The van der Waals surface area contributed by atoms with E-state index in [4.69, 9.17) is 14.6 Å². The second-order valence-electron chi connectivity index (χ2n) is 9.38. The molecule has 36 heavy (non-hydrogen) atoms. The Labute approximate surface area is 209 Å². The molecule has 1 aromatic carbocycles. The molecule has 1 amide bonds. The van der Waals surface area contributed by atoms with Crippen LogP contribution in [0.2, 0.25) is 0 Å². The second kappa shape index (κ2) is 11.7. The molecule has 1 aliphatic carbocycles. The monoisotopic (exact) mass is 502 g/mol. The number of aromatic nitrogens is 4. The molecule has 1 aromatic heterocycles. The zero-order valence-electron chi connectivity index (χ0n) is 20.7. The Kier molecular flexibility index (Phi) is 8.36. The average molecular weight is 503 g/mol. The van der Waals surface area contributed by atoms with Gasteiger partial charge in [-0.2, -0.15) is 0 Å². The lowest BCUT2D eigenvalue weighted by atomic mass is 9.98. The van der Waals surface area contributed by atoms with Gasteiger partial charge in [-0.3, -0.25) is 9.59 Å². The van der Waals surface area contributed by atoms with Crippen molar-refractivity contribution in [3.63, 3.8) is 0 Å². The zero-order chi connectivity index (χ0) is 25.7. The van der Waals surface area contributed by atoms with Crippen LogP contribution < -0.4 is 14.8 Å². The molecule has 2 heterocycles. The highest BCUT2D eigenvalue weighted by atomic mass is 16.5. The van der Waals surface area contributed by atoms with Crippen molar-refractivity contribution in [1.29, 1.82) is 0 Å². The van der Waals surface area contributed by atoms with Crippen molar-refractivity contribution in [2.75, 3.05) is 27.3 Å². The second-order valence-corrected chi connectivity index (χ2v) is 9.38. The number of nitrogens with zero attached hydrogens (tertiary/aromatic N) is 5. The molecule has 1 aliphatic heterocycles. The summed E-state index contributed by atoms with van der Waals surface area (Å²) in [5.74, 6) is 1.39. The Bertz CT molecular complexity index is 1070. The number of tetrazole rings is 1. The largest absolute Gasteiger partial charge is 0.493 e. The SMILES string of the molecule is COc1cc2c(cc1OC)CN(C(=O)CCCn1nnnc1C(NCC(O)CC(=O)O)C1CC1)CC2. The van der Waals surface area contributed by atoms with Crippen LogP contribution in [0.5, 0.6) is 11.5 Å². The van der Waals surface area contributed by atoms with Gasteiger partial charge in [-0.05, 0) is 65.3 Å². The summed E-state index contributed by atoms with van der Waals surface area (Å²) in [5, 5.41) is 34.1. The van der Waals surface area contributed by atoms with Gasteiger partial charge in [0.1, 0.15) is 0 Å². The molecule has 0 radical (unpaired) electrons. The van der Waals surface area contributed by atoms with E-state index in [2.05, 4.69) is 20.8 Å². The number of aliphatic hydroxyl groups is 1. The molecular formula is C24H34N6O6. The minimum atomic E-state index is -1.04. The molecule has 196 valence electrons. The molecule has 3 N–H and O–H groups in total. The molecule has 2 unspecified atom stereocenters. The standard InChI is InChI=1S/C24H34N6O6/c1-35-19-10-16-7-9-29(14-17(16)11-20(19)36-2)21(32)4-3-8-30-24(26-27-28-30)23(15-5-6-15)25-13-18(31)12-22(33)34/h10-11,15,18,23,25,31H,3-9,12-14H2,1-2H3,(H,33,34). The lowest BCUT2D eigenvalue weighted by Gasteiger charge is -2.29. The van der Waals surface area contributed by atoms with Crippen molar-refractivity contribution < 1.29 is 29.3 Å². The Morgan fingerprint density at radius 1 is 1.19 bits per heavy atom. The van der Waals surface area contributed by atoms with Crippen LogP contribution in [0.4, 0.5) is 0 Å². The number of carboxylic acids is 1. The predicted octanol–water partition coefficient (Wildman–Crippen LogP) is 0.932. The smallest absolute Gasteiger partial charge is 0.306 e. The van der Waals surface area contributed by atoms with Gasteiger partial charge in [0.2, 0.25) is 5.91 Å². The number of hydrogen-bond donors (Lipinski definition) is 3. The number of fused-ring (bicyclic) bond motifs is 1. The maximum atomic E-state index is 12.9. The number of methoxy groups -OCH3 is 2. The van der Waals surface area contributed by atoms with Crippen LogP contribution in [0.3, 0.4) is 0 Å². The number of ether oxygens (including phenoxy) is 2. The van der Waals surface area contributed by atoms with E-state index in [1.807, 2.05) is 17.0 Å². The van der Waals surface area contributed by atoms with Crippen LogP contribution in [-0.2, 0) is 29.1 Å². The van der Waals surface area contributed by atoms with Gasteiger partial charge in [-0.25, -0.2) is 4.68 Å². The van der Waals surface area contributed by atoms with E-state index in [0.29, 0.717) is 55.7 Å². The molecular weight excluding hydrogens is 468 g/mol. The predicted molar refractivity (Wildman–Crippen MR) is 127 cm³/mol. The number of aliphatic hydroxyl groups excluding tert-OH is 1. The Morgan fingerprint density at radius 3 is 2.58 bits per heavy atom. The van der Waals surface area contributed by atoms with E-state index in [0.717, 1.165) is 24.8 Å². The first-order valence-electron chi connectivity index (χ1n) is 12.3. The first kappa shape index (κ1) is 25.8. The summed E-state index contributed by atoms with van der Waals surface area (Å²) in [6.45, 7) is 1.83. The number of carbonyl (C=O) groups excluding carboxylic acids is 1. The third-order valence-electron chi connectivity index (χ3n) is 6.75. The van der Waals surface area contributed by atoms with E-state index in [-0.39, 0.29) is 24.9 Å². The van der Waals surface area contributed by atoms with Crippen molar-refractivity contribution in [1.82, 2.24) is 30.4 Å². The summed E-state index contributed by atoms with van der Waals surface area (Å²) in [6, 6.07) is 3.77. The average Bonchev–Trinajstić information content (AvgIpc) is 3.60. The quantitative estimate of drug-likeness (QED) is 0.361. The summed E-state index contributed by atoms with van der Waals surface area (Å²) in [5.41, 5.74) is 2.24. The first-order chi connectivity index (χ1) is 17.4. The van der Waals surface area contributed by atoms with Gasteiger partial charge in [0.05, 0.1) is 32.8 Å². The molecule has 1 fully saturated rings. The number of carbonyl (C=O) groups is 2. The minimum Gasteiger partial charge on any atom is -0.493 e. The molecule has 1 saturated carbocycles. The topological polar surface area (TPSA) is 152 Å². The van der Waals surface area contributed by atoms with Crippen molar-refractivity contribution in [2.24, 2.45) is 5.92 Å². The van der Waals surface area contributed by atoms with Gasteiger partial charge >= 0.3 is 5.97 Å². The number of carboxylic acid groups (broad SMARTS) is 1. The van der Waals surface area contributed by atoms with Crippen molar-refractivity contribution >= 4 is 11.9 Å². The van der Waals surface area contributed by atoms with Crippen molar-refractivity contribution in [2.45, 2.75) is 63.8 Å². The van der Waals surface area contributed by atoms with Crippen LogP contribution in [0.1, 0.15) is 55.1 Å². The van der Waals surface area contributed by atoms with Crippen molar-refractivity contribution in [3.05, 3.63) is 29.1 Å². The number of amides is 1. The summed E-state index contributed by atoms with van der Waals surface area (Å²) in [4.78, 5) is 25.6. The van der Waals surface area contributed by atoms with Crippen LogP contribution in [0.15, 0.2) is 12.1 Å². The van der Waals surface area contributed by atoms with Gasteiger partial charge in [0.15, 0.2) is 17.3 Å². The highest BCUT2D eigenvalue weighted by Gasteiger charge is 2.36. The summed E-state index contributed by atoms with van der Waals surface area (Å²) < 4.78 is 12.5. The summed E-state index contributed by atoms with van der Waals surface area (Å²) in [6.07, 6.45) is 2.46. The lowest BCUT2D eigenvalue weighted by molar-refractivity contribution is -0.139. The van der Waals surface area contributed by atoms with Crippen LogP contribution in [0.25, 0.3) is 0 Å². The molecule has 0 saturated heterocycles. The van der Waals surface area contributed by atoms with Gasteiger partial charge in [-0.15, -0.1) is 5.10 Å². The maximum absolute atomic E-state index is 12.9. The number of benzene rings is 1. The van der Waals surface area contributed by atoms with Crippen LogP contribution >= 0.6 is 0 Å². The molecule has 2 atom stereocenters. The normalized spacial score (nSPS) is 16.8. The number of rotatable bonds is 13. The van der Waals surface area contributed by atoms with E-state index in [1.165, 1.54) is 5.56 Å². The van der Waals surface area contributed by atoms with Gasteiger partial charge < -0.3 is 29.9 Å². The Balaban J connectivity index is 1.31. The number of aliphatic carboxylic acids is 1. The molecule has 2 aromatic rings. The van der Waals surface area contributed by atoms with E-state index >= 15 is 0 Å². The molecule has 12 nitrogen and oxygen atoms in total. The molecule has 2 aliphatic rings. The van der Waals surface area contributed by atoms with Crippen LogP contribution in [-0.4, -0.2) is 80.6 Å². The fraction of sp³-hybridized carbons (Fsp3) is 0.625. The van der Waals surface area contributed by atoms with Gasteiger partial charge in [-0.1, -0.05) is 0 Å². The summed E-state index contributed by atoms with van der Waals surface area (Å²) >= 11 is 0. The van der Waals surface area contributed by atoms with Gasteiger partial charge in [0.25, 0.3) is 0 Å². The lowest BCUT2D eigenvalue weighted by Crippen LogP contribution is -2.36. The molecule has 0 bridgehead atoms. The number of nitrogens with one attached hydrogen (secondary N) is 1. The van der Waals surface area contributed by atoms with Crippen LogP contribution in [0, 0.1) is 5.92 Å². The first-order valence-corrected chi connectivity index (χ1v) is 12.3. The highest BCUT2D eigenvalue weighted by molar-refractivity contribution is 5.76. The van der Waals surface area contributed by atoms with E-state index < -0.39 is 12.1 Å². The number of aryl methyl sites for hydroxylation is 1. The molecule has 12 heteroatoms. The minimum absolute atomic E-state index is 0.0821. The zero-order valence-corrected chi connectivity index (χ0v) is 20.7. The molecule has 0 spiro atoms. The third kappa shape index (κ3) is 6.30. The summed E-state index contributed by atoms with van der Waals surface area (Å²) in [7, 11) is 3.22. The highest BCUT2D eigenvalue weighted by Crippen LogP contribution is 2.40. The Hall–Kier alpha value is -3.25.